The molecule has 19 heavy (non-hydrogen) atoms. The van der Waals surface area contributed by atoms with Crippen LogP contribution in [-0.4, -0.2) is 41.1 Å². The average Bonchev–Trinajstić information content (AvgIpc) is 2.72. The van der Waals surface area contributed by atoms with Gasteiger partial charge >= 0.3 is 12.0 Å². The van der Waals surface area contributed by atoms with E-state index in [4.69, 9.17) is 0 Å². The van der Waals surface area contributed by atoms with Gasteiger partial charge in [-0.3, -0.25) is 0 Å². The van der Waals surface area contributed by atoms with E-state index in [9.17, 15) is 14.7 Å². The fourth-order valence-corrected chi connectivity index (χ4v) is 2.52. The first-order valence-corrected chi connectivity index (χ1v) is 7.04. The van der Waals surface area contributed by atoms with E-state index in [0.717, 1.165) is 32.4 Å². The van der Waals surface area contributed by atoms with E-state index < -0.39 is 17.4 Å². The van der Waals surface area contributed by atoms with Gasteiger partial charge in [0.1, 0.15) is 6.04 Å². The van der Waals surface area contributed by atoms with Gasteiger partial charge in [0.05, 0.1) is 0 Å². The number of carbonyl (C=O) groups is 2. The lowest BCUT2D eigenvalue weighted by atomic mass is 9.87. The van der Waals surface area contributed by atoms with Crippen molar-refractivity contribution in [3.8, 4) is 0 Å². The number of carbonyl (C=O) groups excluding carboxylic acids is 1. The minimum absolute atomic E-state index is 0.249. The third-order valence-corrected chi connectivity index (χ3v) is 3.65. The van der Waals surface area contributed by atoms with Gasteiger partial charge in [0.25, 0.3) is 0 Å². The maximum absolute atomic E-state index is 12.1. The van der Waals surface area contributed by atoms with Crippen molar-refractivity contribution in [2.45, 2.75) is 53.0 Å². The van der Waals surface area contributed by atoms with E-state index in [1.807, 2.05) is 20.8 Å². The van der Waals surface area contributed by atoms with E-state index in [1.165, 1.54) is 0 Å². The summed E-state index contributed by atoms with van der Waals surface area (Å²) in [5, 5.41) is 11.9. The van der Waals surface area contributed by atoms with Crippen molar-refractivity contribution in [1.29, 1.82) is 0 Å². The SMILES string of the molecule is CCCC1CCN(C(=O)NC(C(=O)O)C(C)(C)C)C1. The third-order valence-electron chi connectivity index (χ3n) is 3.65. The normalized spacial score (nSPS) is 21.3. The molecule has 1 heterocycles. The number of rotatable bonds is 4. The van der Waals surface area contributed by atoms with Gasteiger partial charge in [-0.2, -0.15) is 0 Å². The van der Waals surface area contributed by atoms with Gasteiger partial charge in [0.15, 0.2) is 0 Å². The quantitative estimate of drug-likeness (QED) is 0.823. The number of hydrogen-bond donors (Lipinski definition) is 2. The Kier molecular flexibility index (Phi) is 5.20. The summed E-state index contributed by atoms with van der Waals surface area (Å²) in [7, 11) is 0. The number of hydrogen-bond acceptors (Lipinski definition) is 2. The van der Waals surface area contributed by atoms with Crippen LogP contribution in [0.5, 0.6) is 0 Å². The molecule has 2 unspecified atom stereocenters. The van der Waals surface area contributed by atoms with Gasteiger partial charge in [-0.25, -0.2) is 9.59 Å². The van der Waals surface area contributed by atoms with E-state index >= 15 is 0 Å². The molecule has 2 atom stereocenters. The highest BCUT2D eigenvalue weighted by molar-refractivity contribution is 5.83. The van der Waals surface area contributed by atoms with Crippen molar-refractivity contribution in [3.05, 3.63) is 0 Å². The Hall–Kier alpha value is -1.26. The first-order chi connectivity index (χ1) is 8.75. The number of carboxylic acids is 1. The smallest absolute Gasteiger partial charge is 0.326 e. The molecule has 0 saturated carbocycles. The van der Waals surface area contributed by atoms with Gasteiger partial charge in [-0.05, 0) is 24.2 Å². The fraction of sp³-hybridized carbons (Fsp3) is 0.857. The molecule has 0 radical (unpaired) electrons. The van der Waals surface area contributed by atoms with E-state index in [-0.39, 0.29) is 6.03 Å². The summed E-state index contributed by atoms with van der Waals surface area (Å²) in [5.41, 5.74) is -0.496. The molecule has 2 N–H and O–H groups in total. The maximum atomic E-state index is 12.1. The second-order valence-electron chi connectivity index (χ2n) is 6.48. The van der Waals surface area contributed by atoms with Crippen LogP contribution in [-0.2, 0) is 4.79 Å². The Morgan fingerprint density at radius 2 is 2.05 bits per heavy atom. The van der Waals surface area contributed by atoms with Crippen molar-refractivity contribution in [3.63, 3.8) is 0 Å². The van der Waals surface area contributed by atoms with Crippen LogP contribution in [0, 0.1) is 11.3 Å². The standard InChI is InChI=1S/C14H26N2O3/c1-5-6-10-7-8-16(9-10)13(19)15-11(12(17)18)14(2,3)4/h10-11H,5-9H2,1-4H3,(H,15,19)(H,17,18). The fourth-order valence-electron chi connectivity index (χ4n) is 2.52. The lowest BCUT2D eigenvalue weighted by Gasteiger charge is -2.29. The molecule has 1 aliphatic rings. The number of aliphatic carboxylic acids is 1. The first kappa shape index (κ1) is 15.8. The van der Waals surface area contributed by atoms with Crippen molar-refractivity contribution >= 4 is 12.0 Å². The molecule has 1 saturated heterocycles. The predicted octanol–water partition coefficient (Wildman–Crippen LogP) is 2.32. The monoisotopic (exact) mass is 270 g/mol. The maximum Gasteiger partial charge on any atom is 0.326 e. The van der Waals surface area contributed by atoms with Crippen LogP contribution in [0.25, 0.3) is 0 Å². The summed E-state index contributed by atoms with van der Waals surface area (Å²) in [6.07, 6.45) is 3.28. The number of carboxylic acid groups (broad SMARTS) is 1. The van der Waals surface area contributed by atoms with E-state index in [0.29, 0.717) is 5.92 Å². The molecule has 0 aromatic rings. The van der Waals surface area contributed by atoms with Gasteiger partial charge in [-0.1, -0.05) is 34.1 Å². The molecule has 5 heteroatoms. The molecule has 1 fully saturated rings. The summed E-state index contributed by atoms with van der Waals surface area (Å²) >= 11 is 0. The van der Waals surface area contributed by atoms with Crippen LogP contribution in [0.1, 0.15) is 47.0 Å². The van der Waals surface area contributed by atoms with Crippen molar-refractivity contribution in [2.24, 2.45) is 11.3 Å². The van der Waals surface area contributed by atoms with Crippen molar-refractivity contribution in [1.82, 2.24) is 10.2 Å². The minimum atomic E-state index is -0.981. The predicted molar refractivity (Wildman–Crippen MR) is 74.0 cm³/mol. The Labute approximate surface area is 115 Å². The Balaban J connectivity index is 2.57. The molecular formula is C14H26N2O3. The molecule has 0 bridgehead atoms. The molecule has 0 aromatic carbocycles. The minimum Gasteiger partial charge on any atom is -0.480 e. The van der Waals surface area contributed by atoms with Crippen LogP contribution in [0.4, 0.5) is 4.79 Å². The Morgan fingerprint density at radius 1 is 1.42 bits per heavy atom. The first-order valence-electron chi connectivity index (χ1n) is 7.04. The zero-order valence-corrected chi connectivity index (χ0v) is 12.4. The van der Waals surface area contributed by atoms with Crippen molar-refractivity contribution in [2.75, 3.05) is 13.1 Å². The van der Waals surface area contributed by atoms with Gasteiger partial charge in [0, 0.05) is 13.1 Å². The lowest BCUT2D eigenvalue weighted by molar-refractivity contribution is -0.142. The second-order valence-corrected chi connectivity index (χ2v) is 6.48. The number of nitrogens with one attached hydrogen (secondary N) is 1. The molecule has 110 valence electrons. The zero-order valence-electron chi connectivity index (χ0n) is 12.4. The molecule has 5 nitrogen and oxygen atoms in total. The highest BCUT2D eigenvalue weighted by Gasteiger charge is 2.35. The number of amides is 2. The van der Waals surface area contributed by atoms with E-state index in [2.05, 4.69) is 12.2 Å². The molecule has 1 aliphatic heterocycles. The third kappa shape index (κ3) is 4.40. The highest BCUT2D eigenvalue weighted by atomic mass is 16.4. The van der Waals surface area contributed by atoms with Crippen LogP contribution in [0.2, 0.25) is 0 Å². The van der Waals surface area contributed by atoms with Gasteiger partial charge in [0.2, 0.25) is 0 Å². The molecule has 0 aliphatic carbocycles. The van der Waals surface area contributed by atoms with Gasteiger partial charge in [-0.15, -0.1) is 0 Å². The Bertz CT molecular complexity index is 336. The second kappa shape index (κ2) is 6.26. The largest absolute Gasteiger partial charge is 0.480 e. The molecule has 2 amide bonds. The van der Waals surface area contributed by atoms with Gasteiger partial charge < -0.3 is 15.3 Å². The van der Waals surface area contributed by atoms with Crippen molar-refractivity contribution < 1.29 is 14.7 Å². The molecule has 1 rings (SSSR count). The van der Waals surface area contributed by atoms with Crippen LogP contribution in [0.15, 0.2) is 0 Å². The zero-order chi connectivity index (χ0) is 14.6. The molecular weight excluding hydrogens is 244 g/mol. The lowest BCUT2D eigenvalue weighted by Crippen LogP contribution is -2.52. The molecule has 0 aromatic heterocycles. The van der Waals surface area contributed by atoms with Crippen LogP contribution < -0.4 is 5.32 Å². The highest BCUT2D eigenvalue weighted by Crippen LogP contribution is 2.23. The average molecular weight is 270 g/mol. The number of likely N-dealkylation sites (tertiary alicyclic amines) is 1. The van der Waals surface area contributed by atoms with E-state index in [1.54, 1.807) is 4.90 Å². The summed E-state index contributed by atoms with van der Waals surface area (Å²) < 4.78 is 0. The summed E-state index contributed by atoms with van der Waals surface area (Å²) in [6.45, 7) is 9.06. The summed E-state index contributed by atoms with van der Waals surface area (Å²) in [4.78, 5) is 25.1. The number of urea groups is 1. The molecule has 0 spiro atoms. The summed E-state index contributed by atoms with van der Waals surface area (Å²) in [5.74, 6) is -0.418. The van der Waals surface area contributed by atoms with Crippen LogP contribution in [0.3, 0.4) is 0 Å². The van der Waals surface area contributed by atoms with Crippen LogP contribution >= 0.6 is 0 Å². The number of nitrogens with zero attached hydrogens (tertiary/aromatic N) is 1. The topological polar surface area (TPSA) is 69.6 Å². The Morgan fingerprint density at radius 3 is 2.53 bits per heavy atom. The summed E-state index contributed by atoms with van der Waals surface area (Å²) in [6, 6.07) is -1.11.